The van der Waals surface area contributed by atoms with E-state index >= 15 is 0 Å². The van der Waals surface area contributed by atoms with Gasteiger partial charge in [-0.15, -0.1) is 10.2 Å². The first-order valence-electron chi connectivity index (χ1n) is 8.69. The van der Waals surface area contributed by atoms with E-state index in [-0.39, 0.29) is 11.9 Å². The van der Waals surface area contributed by atoms with Crippen LogP contribution in [0.3, 0.4) is 0 Å². The highest BCUT2D eigenvalue weighted by molar-refractivity contribution is 8.01. The van der Waals surface area contributed by atoms with Gasteiger partial charge >= 0.3 is 0 Å². The van der Waals surface area contributed by atoms with Gasteiger partial charge in [-0.3, -0.25) is 4.79 Å². The van der Waals surface area contributed by atoms with Crippen LogP contribution in [0.4, 0.5) is 5.13 Å². The van der Waals surface area contributed by atoms with Gasteiger partial charge in [0.2, 0.25) is 11.0 Å². The molecular formula is C18H24N4OS2. The molecule has 1 aliphatic rings. The van der Waals surface area contributed by atoms with Crippen LogP contribution in [0, 0.1) is 5.92 Å². The number of rotatable bonds is 7. The van der Waals surface area contributed by atoms with Gasteiger partial charge in [-0.1, -0.05) is 61.2 Å². The minimum Gasteiger partial charge on any atom is -0.360 e. The van der Waals surface area contributed by atoms with Gasteiger partial charge in [0, 0.05) is 6.54 Å². The fourth-order valence-corrected chi connectivity index (χ4v) is 4.47. The number of amides is 1. The Morgan fingerprint density at radius 1 is 1.36 bits per heavy atom. The maximum Gasteiger partial charge on any atom is 0.230 e. The fourth-order valence-electron chi connectivity index (χ4n) is 2.90. The molecule has 3 rings (SSSR count). The molecule has 0 bridgehead atoms. The van der Waals surface area contributed by atoms with Crippen LogP contribution in [0.1, 0.15) is 43.9 Å². The highest BCUT2D eigenvalue weighted by Crippen LogP contribution is 2.30. The Balaban J connectivity index is 1.49. The molecule has 5 nitrogen and oxygen atoms in total. The molecule has 7 heteroatoms. The molecule has 1 aromatic heterocycles. The van der Waals surface area contributed by atoms with Crippen molar-refractivity contribution in [2.45, 2.75) is 43.5 Å². The number of benzene rings is 1. The number of nitrogens with zero attached hydrogens (tertiary/aromatic N) is 2. The Morgan fingerprint density at radius 3 is 3.04 bits per heavy atom. The molecule has 1 aromatic carbocycles. The van der Waals surface area contributed by atoms with E-state index in [1.54, 1.807) is 0 Å². The molecule has 0 saturated heterocycles. The van der Waals surface area contributed by atoms with Crippen LogP contribution in [0.25, 0.3) is 0 Å². The van der Waals surface area contributed by atoms with Crippen molar-refractivity contribution in [1.29, 1.82) is 0 Å². The van der Waals surface area contributed by atoms with E-state index in [9.17, 15) is 4.79 Å². The lowest BCUT2D eigenvalue weighted by Gasteiger charge is -2.26. The molecule has 0 fully saturated rings. The predicted molar refractivity (Wildman–Crippen MR) is 104 cm³/mol. The molecule has 1 atom stereocenters. The van der Waals surface area contributed by atoms with Crippen molar-refractivity contribution in [2.75, 3.05) is 17.6 Å². The van der Waals surface area contributed by atoms with Gasteiger partial charge in [-0.25, -0.2) is 0 Å². The Kier molecular flexibility index (Phi) is 6.31. The summed E-state index contributed by atoms with van der Waals surface area (Å²) in [6.07, 6.45) is 3.24. The molecular weight excluding hydrogens is 352 g/mol. The highest BCUT2D eigenvalue weighted by atomic mass is 32.2. The minimum atomic E-state index is 0.0543. The van der Waals surface area contributed by atoms with Gasteiger partial charge in [0.25, 0.3) is 0 Å². The molecule has 0 radical (unpaired) electrons. The van der Waals surface area contributed by atoms with Gasteiger partial charge in [-0.2, -0.15) is 0 Å². The summed E-state index contributed by atoms with van der Waals surface area (Å²) >= 11 is 2.95. The van der Waals surface area contributed by atoms with Crippen molar-refractivity contribution in [3.63, 3.8) is 0 Å². The lowest BCUT2D eigenvalue weighted by molar-refractivity contribution is -0.119. The van der Waals surface area contributed by atoms with Gasteiger partial charge in [0.1, 0.15) is 0 Å². The minimum absolute atomic E-state index is 0.0543. The summed E-state index contributed by atoms with van der Waals surface area (Å²) in [6, 6.07) is 8.54. The summed E-state index contributed by atoms with van der Waals surface area (Å²) < 4.78 is 0.824. The van der Waals surface area contributed by atoms with E-state index in [1.165, 1.54) is 34.2 Å². The molecule has 2 N–H and O–H groups in total. The standard InChI is InChI=1S/C18H24N4OS2/c1-12(2)10-19-17-21-22-18(25-17)24-11-16(23)20-15-9-5-7-13-6-3-4-8-14(13)15/h3-4,6,8,12,15H,5,7,9-11H2,1-2H3,(H,19,21)(H,20,23)/t15-/m1/s1. The fraction of sp³-hybridized carbons (Fsp3) is 0.500. The number of aryl methyl sites for hydroxylation is 1. The number of thioether (sulfide) groups is 1. The third kappa shape index (κ3) is 5.19. The third-order valence-corrected chi connectivity index (χ3v) is 6.11. The number of fused-ring (bicyclic) bond motifs is 1. The largest absolute Gasteiger partial charge is 0.360 e. The normalized spacial score (nSPS) is 16.5. The van der Waals surface area contributed by atoms with Crippen molar-refractivity contribution in [3.8, 4) is 0 Å². The van der Waals surface area contributed by atoms with E-state index in [0.29, 0.717) is 11.7 Å². The molecule has 25 heavy (non-hydrogen) atoms. The van der Waals surface area contributed by atoms with Crippen molar-refractivity contribution in [1.82, 2.24) is 15.5 Å². The molecule has 0 unspecified atom stereocenters. The maximum atomic E-state index is 12.3. The van der Waals surface area contributed by atoms with Crippen molar-refractivity contribution >= 4 is 34.1 Å². The summed E-state index contributed by atoms with van der Waals surface area (Å²) in [4.78, 5) is 12.3. The molecule has 1 heterocycles. The van der Waals surface area contributed by atoms with Gasteiger partial charge in [-0.05, 0) is 36.3 Å². The highest BCUT2D eigenvalue weighted by Gasteiger charge is 2.21. The smallest absolute Gasteiger partial charge is 0.230 e. The number of aromatic nitrogens is 2. The number of carbonyl (C=O) groups excluding carboxylic acids is 1. The SMILES string of the molecule is CC(C)CNc1nnc(SCC(=O)N[C@@H]2CCCc3ccccc32)s1. The second kappa shape index (κ2) is 8.67. The predicted octanol–water partition coefficient (Wildman–Crippen LogP) is 3.89. The lowest BCUT2D eigenvalue weighted by Crippen LogP contribution is -2.32. The summed E-state index contributed by atoms with van der Waals surface area (Å²) in [5.41, 5.74) is 2.62. The van der Waals surface area contributed by atoms with Crippen molar-refractivity contribution < 1.29 is 4.79 Å². The Hall–Kier alpha value is -1.60. The van der Waals surface area contributed by atoms with E-state index in [4.69, 9.17) is 0 Å². The number of nitrogens with one attached hydrogen (secondary N) is 2. The van der Waals surface area contributed by atoms with Crippen LogP contribution in [-0.2, 0) is 11.2 Å². The van der Waals surface area contributed by atoms with E-state index in [2.05, 4.69) is 52.9 Å². The number of carbonyl (C=O) groups is 1. The second-order valence-corrected chi connectivity index (χ2v) is 8.85. The molecule has 1 amide bonds. The van der Waals surface area contributed by atoms with E-state index < -0.39 is 0 Å². The van der Waals surface area contributed by atoms with Crippen LogP contribution in [0.2, 0.25) is 0 Å². The molecule has 0 aliphatic heterocycles. The van der Waals surface area contributed by atoms with Crippen LogP contribution in [0.15, 0.2) is 28.6 Å². The van der Waals surface area contributed by atoms with Crippen LogP contribution in [0.5, 0.6) is 0 Å². The zero-order valence-corrected chi connectivity index (χ0v) is 16.3. The van der Waals surface area contributed by atoms with Gasteiger partial charge in [0.05, 0.1) is 11.8 Å². The zero-order valence-electron chi connectivity index (χ0n) is 14.6. The topological polar surface area (TPSA) is 66.9 Å². The van der Waals surface area contributed by atoms with Crippen LogP contribution >= 0.6 is 23.1 Å². The maximum absolute atomic E-state index is 12.3. The summed E-state index contributed by atoms with van der Waals surface area (Å²) in [7, 11) is 0. The Morgan fingerprint density at radius 2 is 2.20 bits per heavy atom. The number of hydrogen-bond acceptors (Lipinski definition) is 6. The lowest BCUT2D eigenvalue weighted by atomic mass is 9.88. The van der Waals surface area contributed by atoms with Gasteiger partial charge in [0.15, 0.2) is 4.34 Å². The Labute approximate surface area is 157 Å². The first kappa shape index (κ1) is 18.2. The summed E-state index contributed by atoms with van der Waals surface area (Å²) in [5, 5.41) is 15.5. The van der Waals surface area contributed by atoms with E-state index in [0.717, 1.165) is 35.3 Å². The first-order valence-corrected chi connectivity index (χ1v) is 10.5. The summed E-state index contributed by atoms with van der Waals surface area (Å²) in [6.45, 7) is 5.18. The van der Waals surface area contributed by atoms with Crippen molar-refractivity contribution in [3.05, 3.63) is 35.4 Å². The molecule has 134 valence electrons. The average molecular weight is 377 g/mol. The number of anilines is 1. The van der Waals surface area contributed by atoms with E-state index in [1.807, 2.05) is 6.07 Å². The average Bonchev–Trinajstić information content (AvgIpc) is 3.06. The zero-order chi connectivity index (χ0) is 17.6. The first-order chi connectivity index (χ1) is 12.1. The quantitative estimate of drug-likeness (QED) is 0.718. The third-order valence-electron chi connectivity index (χ3n) is 4.10. The summed E-state index contributed by atoms with van der Waals surface area (Å²) in [5.74, 6) is 0.986. The molecule has 0 spiro atoms. The number of hydrogen-bond donors (Lipinski definition) is 2. The van der Waals surface area contributed by atoms with Crippen LogP contribution < -0.4 is 10.6 Å². The Bertz CT molecular complexity index is 717. The molecule has 1 aliphatic carbocycles. The van der Waals surface area contributed by atoms with Crippen molar-refractivity contribution in [2.24, 2.45) is 5.92 Å². The van der Waals surface area contributed by atoms with Gasteiger partial charge < -0.3 is 10.6 Å². The van der Waals surface area contributed by atoms with Crippen LogP contribution in [-0.4, -0.2) is 28.4 Å². The monoisotopic (exact) mass is 376 g/mol. The molecule has 2 aromatic rings. The molecule has 0 saturated carbocycles. The second-order valence-electron chi connectivity index (χ2n) is 6.65.